The molecule has 7 aromatic rings. The van der Waals surface area contributed by atoms with E-state index in [0.29, 0.717) is 0 Å². The third-order valence-corrected chi connectivity index (χ3v) is 13.5. The molecule has 7 aromatic carbocycles. The first-order valence-electron chi connectivity index (χ1n) is 23.6. The Labute approximate surface area is 414 Å². The molecule has 0 saturated carbocycles. The maximum absolute atomic E-state index is 4.57. The van der Waals surface area contributed by atoms with Crippen molar-refractivity contribution in [1.82, 2.24) is 0 Å². The molecular formula is C62H74ClN2Ru-4. The molecule has 2 aliphatic heterocycles. The maximum Gasteiger partial charge on any atom is -0.0623 e. The van der Waals surface area contributed by atoms with Gasteiger partial charge in [0, 0.05) is 22.5 Å². The molecule has 2 nitrogen and oxygen atoms in total. The molecule has 0 spiro atoms. The van der Waals surface area contributed by atoms with Crippen LogP contribution < -0.4 is 9.80 Å². The predicted molar refractivity (Wildman–Crippen MR) is 286 cm³/mol. The van der Waals surface area contributed by atoms with E-state index in [1.165, 1.54) is 79.5 Å². The zero-order valence-corrected chi connectivity index (χ0v) is 44.1. The smallest absolute Gasteiger partial charge is 0.0623 e. The molecule has 0 N–H and O–H groups in total. The Hall–Kier alpha value is -4.56. The van der Waals surface area contributed by atoms with Crippen molar-refractivity contribution in [2.45, 2.75) is 130 Å². The molecule has 2 atom stereocenters. The van der Waals surface area contributed by atoms with Crippen LogP contribution in [0, 0.1) is 34.4 Å². The molecule has 0 aliphatic carbocycles. The molecule has 2 aliphatic rings. The van der Waals surface area contributed by atoms with Gasteiger partial charge in [-0.1, -0.05) is 191 Å². The van der Waals surface area contributed by atoms with Gasteiger partial charge >= 0.3 is 27.0 Å². The average Bonchev–Trinajstić information content (AvgIpc) is 3.94. The summed E-state index contributed by atoms with van der Waals surface area (Å²) >= 11 is 1.82. The van der Waals surface area contributed by atoms with Crippen molar-refractivity contribution in [2.24, 2.45) is 0 Å². The van der Waals surface area contributed by atoms with E-state index >= 15 is 0 Å². The number of rotatable bonds is 9. The average molecular weight is 984 g/mol. The van der Waals surface area contributed by atoms with E-state index in [1.54, 1.807) is 0 Å². The van der Waals surface area contributed by atoms with Crippen LogP contribution in [0.25, 0.3) is 21.9 Å². The van der Waals surface area contributed by atoms with Gasteiger partial charge in [-0.3, -0.25) is 0 Å². The van der Waals surface area contributed by atoms with Gasteiger partial charge in [-0.05, 0) is 89.5 Å². The third-order valence-electron chi connectivity index (χ3n) is 13.5. The predicted octanol–water partition coefficient (Wildman–Crippen LogP) is 17.5. The monoisotopic (exact) mass is 983 g/mol. The summed E-state index contributed by atoms with van der Waals surface area (Å²) in [7, 11) is 4.57. The van der Waals surface area contributed by atoms with Gasteiger partial charge in [0.25, 0.3) is 0 Å². The molecule has 4 heteroatoms. The zero-order valence-electron chi connectivity index (χ0n) is 41.6. The Bertz CT molecular complexity index is 2440. The van der Waals surface area contributed by atoms with Crippen LogP contribution in [0.3, 0.4) is 0 Å². The summed E-state index contributed by atoms with van der Waals surface area (Å²) in [5.74, 6) is 0. The van der Waals surface area contributed by atoms with Crippen molar-refractivity contribution >= 4 is 31.8 Å². The molecule has 0 radical (unpaired) electrons. The number of hydrogen-bond donors (Lipinski definition) is 0. The topological polar surface area (TPSA) is 6.48 Å². The number of benzene rings is 6. The van der Waals surface area contributed by atoms with Crippen molar-refractivity contribution in [3.05, 3.63) is 218 Å². The second-order valence-electron chi connectivity index (χ2n) is 19.9. The quantitative estimate of drug-likeness (QED) is 0.105. The van der Waals surface area contributed by atoms with Crippen LogP contribution in [-0.2, 0) is 41.0 Å². The number of halogens is 1. The van der Waals surface area contributed by atoms with Crippen molar-refractivity contribution in [3.63, 3.8) is 0 Å². The summed E-state index contributed by atoms with van der Waals surface area (Å²) in [6.45, 7) is 28.2. The molecule has 9 rings (SSSR count). The van der Waals surface area contributed by atoms with Gasteiger partial charge in [-0.15, -0.1) is 57.5 Å². The van der Waals surface area contributed by atoms with Crippen LogP contribution in [0.1, 0.15) is 114 Å². The molecular weight excluding hydrogens is 909 g/mol. The Balaban J connectivity index is 0.000000185. The van der Waals surface area contributed by atoms with Gasteiger partial charge in [-0.2, -0.15) is 0 Å². The van der Waals surface area contributed by atoms with Crippen LogP contribution in [0.5, 0.6) is 0 Å². The molecule has 0 amide bonds. The van der Waals surface area contributed by atoms with Gasteiger partial charge in [-0.25, -0.2) is 13.1 Å². The van der Waals surface area contributed by atoms with E-state index in [-0.39, 0.29) is 29.3 Å². The van der Waals surface area contributed by atoms with Crippen molar-refractivity contribution in [2.75, 3.05) is 9.80 Å². The summed E-state index contributed by atoms with van der Waals surface area (Å²) in [6.07, 6.45) is 6.90. The third kappa shape index (κ3) is 11.8. The van der Waals surface area contributed by atoms with Gasteiger partial charge in [0.1, 0.15) is 0 Å². The normalized spacial score (nSPS) is 19.1. The SMILES string of the molecule is CCCc1cccc(C)c1N1[CH-]C(C)(c2ccccc2)CC1(C)C.CCCc1cccc(C)c1N1[CH-]C(C)(c2ccccc2)CC1(C)C.[CH3-].[Cl][Ru].c1ccc(-c2c[cH-]c3ccccc23)cc1. The van der Waals surface area contributed by atoms with Crippen molar-refractivity contribution < 1.29 is 17.3 Å². The fraction of sp³-hybridized carbons (Fsp3) is 0.323. The minimum absolute atomic E-state index is 0. The molecule has 2 saturated heterocycles. The van der Waals surface area contributed by atoms with E-state index in [2.05, 4.69) is 266 Å². The first-order valence-corrected chi connectivity index (χ1v) is 25.9. The zero-order chi connectivity index (χ0) is 46.8. The van der Waals surface area contributed by atoms with Gasteiger partial charge in [0.05, 0.1) is 0 Å². The Kier molecular flexibility index (Phi) is 18.2. The van der Waals surface area contributed by atoms with Gasteiger partial charge in [0.2, 0.25) is 0 Å². The largest absolute Gasteiger partial charge is 0.150 e. The number of hydrogen-bond acceptors (Lipinski definition) is 2. The fourth-order valence-corrected chi connectivity index (χ4v) is 10.8. The molecule has 0 aromatic heterocycles. The maximum atomic E-state index is 4.57. The van der Waals surface area contributed by atoms with Gasteiger partial charge in [0.15, 0.2) is 0 Å². The first kappa shape index (κ1) is 52.4. The minimum atomic E-state index is 0. The minimum Gasteiger partial charge on any atom is -0.150 e. The Morgan fingerprint density at radius 2 is 0.909 bits per heavy atom. The second kappa shape index (κ2) is 23.0. The van der Waals surface area contributed by atoms with Gasteiger partial charge < -0.3 is 17.2 Å². The van der Waals surface area contributed by atoms with Crippen LogP contribution in [0.15, 0.2) is 164 Å². The number of aryl methyl sites for hydroxylation is 4. The summed E-state index contributed by atoms with van der Waals surface area (Å²) in [5, 5.41) is 2.65. The van der Waals surface area contributed by atoms with Crippen molar-refractivity contribution in [3.8, 4) is 11.1 Å². The number of para-hydroxylation sites is 2. The van der Waals surface area contributed by atoms with E-state index in [4.69, 9.17) is 0 Å². The Morgan fingerprint density at radius 3 is 1.33 bits per heavy atom. The van der Waals surface area contributed by atoms with E-state index in [9.17, 15) is 0 Å². The van der Waals surface area contributed by atoms with Crippen LogP contribution in [-0.4, -0.2) is 11.1 Å². The molecule has 66 heavy (non-hydrogen) atoms. The summed E-state index contributed by atoms with van der Waals surface area (Å²) in [5.41, 5.74) is 14.4. The molecule has 2 heterocycles. The van der Waals surface area contributed by atoms with Crippen molar-refractivity contribution in [1.29, 1.82) is 0 Å². The molecule has 351 valence electrons. The van der Waals surface area contributed by atoms with E-state index in [1.807, 2.05) is 17.3 Å². The van der Waals surface area contributed by atoms with E-state index in [0.717, 1.165) is 25.7 Å². The molecule has 2 unspecified atom stereocenters. The fourth-order valence-electron chi connectivity index (χ4n) is 10.8. The summed E-state index contributed by atoms with van der Waals surface area (Å²) in [4.78, 5) is 5.11. The van der Waals surface area contributed by atoms with Crippen LogP contribution in [0.2, 0.25) is 0 Å². The molecule has 0 bridgehead atoms. The van der Waals surface area contributed by atoms with Crippen LogP contribution >= 0.6 is 9.69 Å². The Morgan fingerprint density at radius 1 is 0.515 bits per heavy atom. The number of anilines is 2. The molecule has 2 fully saturated rings. The standard InChI is InChI=1S/2C23H30N.C15H11.CH3.ClH.Ru/c2*1-6-11-19-13-10-12-18(2)21(19)24-17-23(5,16-22(24,3)4)20-14-8-7-9-15-20;1-2-6-12(7-3-1)15-11-10-13-8-4-5-9-14(13)15;;;/h2*7-10,12-15,17H,6,11,16H2,1-5H3;1-11H;1H3;1H;/q4*-1;;+1/p-1. The van der Waals surface area contributed by atoms with Crippen LogP contribution in [0.4, 0.5) is 11.4 Å². The summed E-state index contributed by atoms with van der Waals surface area (Å²) < 4.78 is 0. The first-order chi connectivity index (χ1) is 31.2. The number of nitrogens with zero attached hydrogens (tertiary/aromatic N) is 2. The summed E-state index contributed by atoms with van der Waals surface area (Å²) in [6, 6.07) is 58.8. The second-order valence-corrected chi connectivity index (χ2v) is 19.9. The number of fused-ring (bicyclic) bond motifs is 1. The van der Waals surface area contributed by atoms with E-state index < -0.39 is 0 Å².